The number of ketones is 1. The van der Waals surface area contributed by atoms with Crippen LogP contribution in [0.1, 0.15) is 81.1 Å². The lowest BCUT2D eigenvalue weighted by atomic mass is 10.0. The number of phenols is 1. The maximum atomic E-state index is 12.7. The summed E-state index contributed by atoms with van der Waals surface area (Å²) in [5, 5.41) is 10.2. The van der Waals surface area contributed by atoms with E-state index in [-0.39, 0.29) is 11.5 Å². The predicted octanol–water partition coefficient (Wildman–Crippen LogP) is 7.25. The van der Waals surface area contributed by atoms with Gasteiger partial charge < -0.3 is 9.84 Å². The lowest BCUT2D eigenvalue weighted by Crippen LogP contribution is -2.02. The summed E-state index contributed by atoms with van der Waals surface area (Å²) < 4.78 is 5.58. The van der Waals surface area contributed by atoms with E-state index in [0.717, 1.165) is 18.6 Å². The maximum absolute atomic E-state index is 12.7. The van der Waals surface area contributed by atoms with Gasteiger partial charge in [0, 0.05) is 16.5 Å². The number of benzene rings is 2. The third-order valence-corrected chi connectivity index (χ3v) is 5.96. The second-order valence-electron chi connectivity index (χ2n) is 7.35. The SMILES string of the molecule is CCCCCCCCSc1ccc(C(=O)c2ccc(OCCCC)cc2O)cc1. The Balaban J connectivity index is 1.85. The minimum absolute atomic E-state index is 0.0366. The Morgan fingerprint density at radius 1 is 0.897 bits per heavy atom. The number of carbonyl (C=O) groups is 1. The number of thioether (sulfide) groups is 1. The van der Waals surface area contributed by atoms with Gasteiger partial charge in [0.1, 0.15) is 11.5 Å². The molecule has 0 amide bonds. The third kappa shape index (κ3) is 8.14. The molecule has 0 spiro atoms. The van der Waals surface area contributed by atoms with Crippen LogP contribution < -0.4 is 4.74 Å². The Morgan fingerprint density at radius 3 is 2.28 bits per heavy atom. The molecule has 0 saturated heterocycles. The van der Waals surface area contributed by atoms with Crippen LogP contribution in [0.4, 0.5) is 0 Å². The van der Waals surface area contributed by atoms with Crippen LogP contribution in [0.5, 0.6) is 11.5 Å². The molecule has 2 aromatic carbocycles. The number of phenolic OH excluding ortho intramolecular Hbond substituents is 1. The summed E-state index contributed by atoms with van der Waals surface area (Å²) in [6, 6.07) is 12.6. The van der Waals surface area contributed by atoms with Crippen molar-refractivity contribution in [1.82, 2.24) is 0 Å². The average Bonchev–Trinajstić information content (AvgIpc) is 2.73. The van der Waals surface area contributed by atoms with Crippen molar-refractivity contribution < 1.29 is 14.6 Å². The van der Waals surface area contributed by atoms with Crippen LogP contribution in [-0.2, 0) is 0 Å². The summed E-state index contributed by atoms with van der Waals surface area (Å²) in [5.74, 6) is 1.49. The van der Waals surface area contributed by atoms with Crippen molar-refractivity contribution in [2.75, 3.05) is 12.4 Å². The zero-order valence-corrected chi connectivity index (χ0v) is 18.6. The van der Waals surface area contributed by atoms with Crippen LogP contribution in [0, 0.1) is 0 Å². The molecule has 0 radical (unpaired) electrons. The molecule has 2 rings (SSSR count). The summed E-state index contributed by atoms with van der Waals surface area (Å²) in [4.78, 5) is 13.9. The summed E-state index contributed by atoms with van der Waals surface area (Å²) in [7, 11) is 0. The smallest absolute Gasteiger partial charge is 0.196 e. The Hall–Kier alpha value is -1.94. The average molecular weight is 415 g/mol. The van der Waals surface area contributed by atoms with Gasteiger partial charge >= 0.3 is 0 Å². The second-order valence-corrected chi connectivity index (χ2v) is 8.52. The van der Waals surface area contributed by atoms with Crippen LogP contribution in [0.2, 0.25) is 0 Å². The monoisotopic (exact) mass is 414 g/mol. The first-order valence-electron chi connectivity index (χ1n) is 10.9. The minimum atomic E-state index is -0.171. The highest BCUT2D eigenvalue weighted by Gasteiger charge is 2.14. The highest BCUT2D eigenvalue weighted by atomic mass is 32.2. The van der Waals surface area contributed by atoms with Crippen LogP contribution in [-0.4, -0.2) is 23.2 Å². The van der Waals surface area contributed by atoms with Crippen LogP contribution in [0.25, 0.3) is 0 Å². The van der Waals surface area contributed by atoms with Gasteiger partial charge in [-0.25, -0.2) is 0 Å². The first-order valence-corrected chi connectivity index (χ1v) is 11.9. The first kappa shape index (κ1) is 23.3. The maximum Gasteiger partial charge on any atom is 0.196 e. The van der Waals surface area contributed by atoms with Gasteiger partial charge in [-0.05, 0) is 55.0 Å². The van der Waals surface area contributed by atoms with Gasteiger partial charge in [0.25, 0.3) is 0 Å². The van der Waals surface area contributed by atoms with Crippen molar-refractivity contribution in [2.24, 2.45) is 0 Å². The van der Waals surface area contributed by atoms with E-state index in [0.29, 0.717) is 23.5 Å². The van der Waals surface area contributed by atoms with E-state index < -0.39 is 0 Å². The lowest BCUT2D eigenvalue weighted by molar-refractivity contribution is 0.103. The van der Waals surface area contributed by atoms with E-state index in [4.69, 9.17) is 4.74 Å². The standard InChI is InChI=1S/C25H34O3S/c1-3-5-7-8-9-10-18-29-22-14-11-20(12-15-22)25(27)23-16-13-21(19-24(23)26)28-17-6-4-2/h11-16,19,26H,3-10,17-18H2,1-2H3. The van der Waals surface area contributed by atoms with Crippen molar-refractivity contribution >= 4 is 17.5 Å². The fourth-order valence-electron chi connectivity index (χ4n) is 3.06. The molecule has 0 aromatic heterocycles. The molecule has 1 N–H and O–H groups in total. The van der Waals surface area contributed by atoms with Gasteiger partial charge in [0.2, 0.25) is 0 Å². The molecule has 0 aliphatic carbocycles. The Kier molecular flexibility index (Phi) is 10.7. The number of hydrogen-bond donors (Lipinski definition) is 1. The molecule has 2 aromatic rings. The van der Waals surface area contributed by atoms with E-state index >= 15 is 0 Å². The fourth-order valence-corrected chi connectivity index (χ4v) is 3.97. The largest absolute Gasteiger partial charge is 0.507 e. The third-order valence-electron chi connectivity index (χ3n) is 4.86. The van der Waals surface area contributed by atoms with E-state index in [1.54, 1.807) is 12.1 Å². The Labute approximate surface area is 179 Å². The normalized spacial score (nSPS) is 10.8. The van der Waals surface area contributed by atoms with Gasteiger partial charge in [-0.1, -0.05) is 52.4 Å². The Bertz CT molecular complexity index is 740. The molecule has 3 nitrogen and oxygen atoms in total. The van der Waals surface area contributed by atoms with E-state index in [1.165, 1.54) is 49.5 Å². The number of carbonyl (C=O) groups excluding carboxylic acids is 1. The lowest BCUT2D eigenvalue weighted by Gasteiger charge is -2.09. The number of hydrogen-bond acceptors (Lipinski definition) is 4. The molecule has 0 fully saturated rings. The summed E-state index contributed by atoms with van der Waals surface area (Å²) in [5.41, 5.74) is 0.893. The van der Waals surface area contributed by atoms with Gasteiger partial charge in [-0.3, -0.25) is 4.79 Å². The van der Waals surface area contributed by atoms with Crippen molar-refractivity contribution in [1.29, 1.82) is 0 Å². The quantitative estimate of drug-likeness (QED) is 0.201. The number of unbranched alkanes of at least 4 members (excludes halogenated alkanes) is 6. The zero-order chi connectivity index (χ0) is 20.9. The second kappa shape index (κ2) is 13.3. The van der Waals surface area contributed by atoms with Crippen molar-refractivity contribution in [3.05, 3.63) is 53.6 Å². The van der Waals surface area contributed by atoms with Crippen LogP contribution >= 0.6 is 11.8 Å². The zero-order valence-electron chi connectivity index (χ0n) is 17.8. The molecule has 0 aliphatic rings. The predicted molar refractivity (Wildman–Crippen MR) is 122 cm³/mol. The van der Waals surface area contributed by atoms with Gasteiger partial charge in [0.15, 0.2) is 5.78 Å². The number of ether oxygens (including phenoxy) is 1. The fraction of sp³-hybridized carbons (Fsp3) is 0.480. The van der Waals surface area contributed by atoms with Crippen molar-refractivity contribution in [3.8, 4) is 11.5 Å². The molecule has 0 saturated carbocycles. The molecular formula is C25H34O3S. The van der Waals surface area contributed by atoms with E-state index in [1.807, 2.05) is 36.0 Å². The van der Waals surface area contributed by atoms with E-state index in [9.17, 15) is 9.90 Å². The molecule has 0 bridgehead atoms. The molecular weight excluding hydrogens is 380 g/mol. The van der Waals surface area contributed by atoms with Gasteiger partial charge in [0.05, 0.1) is 12.2 Å². The van der Waals surface area contributed by atoms with Gasteiger partial charge in [-0.15, -0.1) is 11.8 Å². The van der Waals surface area contributed by atoms with Crippen LogP contribution in [0.3, 0.4) is 0 Å². The molecule has 4 heteroatoms. The van der Waals surface area contributed by atoms with Crippen LogP contribution in [0.15, 0.2) is 47.4 Å². The minimum Gasteiger partial charge on any atom is -0.507 e. The van der Waals surface area contributed by atoms with E-state index in [2.05, 4.69) is 13.8 Å². The topological polar surface area (TPSA) is 46.5 Å². The van der Waals surface area contributed by atoms with Crippen molar-refractivity contribution in [2.45, 2.75) is 70.1 Å². The Morgan fingerprint density at radius 2 is 1.59 bits per heavy atom. The molecule has 0 heterocycles. The molecule has 29 heavy (non-hydrogen) atoms. The number of rotatable bonds is 14. The molecule has 0 atom stereocenters. The molecule has 0 aliphatic heterocycles. The summed E-state index contributed by atoms with van der Waals surface area (Å²) >= 11 is 1.84. The summed E-state index contributed by atoms with van der Waals surface area (Å²) in [6.45, 7) is 4.95. The highest BCUT2D eigenvalue weighted by Crippen LogP contribution is 2.27. The van der Waals surface area contributed by atoms with Crippen molar-refractivity contribution in [3.63, 3.8) is 0 Å². The summed E-state index contributed by atoms with van der Waals surface area (Å²) in [6.07, 6.45) is 9.84. The first-order chi connectivity index (χ1) is 14.2. The highest BCUT2D eigenvalue weighted by molar-refractivity contribution is 7.99. The molecule has 158 valence electrons. The number of aromatic hydroxyl groups is 1. The molecule has 0 unspecified atom stereocenters. The van der Waals surface area contributed by atoms with Gasteiger partial charge in [-0.2, -0.15) is 0 Å².